The van der Waals surface area contributed by atoms with E-state index in [9.17, 15) is 5.11 Å². The Morgan fingerprint density at radius 3 is 2.69 bits per heavy atom. The zero-order valence-corrected chi connectivity index (χ0v) is 8.91. The quantitative estimate of drug-likeness (QED) is 0.768. The van der Waals surface area contributed by atoms with Gasteiger partial charge in [-0.05, 0) is 11.1 Å². The Kier molecular flexibility index (Phi) is 3.51. The van der Waals surface area contributed by atoms with Gasteiger partial charge in [-0.25, -0.2) is 10.1 Å². The van der Waals surface area contributed by atoms with E-state index in [4.69, 9.17) is 0 Å². The molecule has 1 aromatic carbocycles. The molecule has 2 aromatic rings. The standard InChI is InChI=1S/C13H13N2O/c16-9-1-2-12-3-5-13(6-4-12)10-15-8-7-14-11-15/h1-8,11H,9-10H2/b2-1-. The zero-order chi connectivity index (χ0) is 11.2. The Balaban J connectivity index is 2.05. The Morgan fingerprint density at radius 1 is 1.25 bits per heavy atom. The van der Waals surface area contributed by atoms with Crippen molar-refractivity contribution >= 4 is 6.08 Å². The number of hydrogen-bond acceptors (Lipinski definition) is 1. The van der Waals surface area contributed by atoms with Crippen molar-refractivity contribution in [2.75, 3.05) is 6.61 Å². The lowest BCUT2D eigenvalue weighted by Crippen LogP contribution is -1.95. The number of hydrogen-bond donors (Lipinski definition) is 0. The van der Waals surface area contributed by atoms with Gasteiger partial charge in [-0.1, -0.05) is 36.4 Å². The SMILES string of the molecule is [O]C/C=C\c1ccc(Cn2ccnc2)cc1. The molecule has 0 aliphatic heterocycles. The van der Waals surface area contributed by atoms with E-state index in [-0.39, 0.29) is 6.61 Å². The van der Waals surface area contributed by atoms with Crippen molar-refractivity contribution in [1.82, 2.24) is 9.55 Å². The molecule has 3 heteroatoms. The predicted molar refractivity (Wildman–Crippen MR) is 62.4 cm³/mol. The van der Waals surface area contributed by atoms with Crippen LogP contribution in [-0.4, -0.2) is 16.2 Å². The van der Waals surface area contributed by atoms with Gasteiger partial charge in [0, 0.05) is 18.9 Å². The second-order valence-corrected chi connectivity index (χ2v) is 3.55. The number of imidazole rings is 1. The van der Waals surface area contributed by atoms with Gasteiger partial charge in [0.2, 0.25) is 0 Å². The fraction of sp³-hybridized carbons (Fsp3) is 0.154. The van der Waals surface area contributed by atoms with E-state index in [1.54, 1.807) is 18.6 Å². The van der Waals surface area contributed by atoms with E-state index in [0.717, 1.165) is 12.1 Å². The molecule has 0 aliphatic rings. The van der Waals surface area contributed by atoms with E-state index in [1.165, 1.54) is 5.56 Å². The molecule has 1 radical (unpaired) electrons. The number of rotatable bonds is 4. The summed E-state index contributed by atoms with van der Waals surface area (Å²) in [5.74, 6) is 0. The van der Waals surface area contributed by atoms with E-state index >= 15 is 0 Å². The minimum Gasteiger partial charge on any atom is -0.333 e. The zero-order valence-electron chi connectivity index (χ0n) is 8.91. The number of nitrogens with zero attached hydrogens (tertiary/aromatic N) is 2. The first-order valence-electron chi connectivity index (χ1n) is 5.18. The molecular formula is C13H13N2O. The van der Waals surface area contributed by atoms with Crippen molar-refractivity contribution < 1.29 is 5.11 Å². The predicted octanol–water partition coefficient (Wildman–Crippen LogP) is 2.38. The molecular weight excluding hydrogens is 200 g/mol. The maximum Gasteiger partial charge on any atom is 0.101 e. The Labute approximate surface area is 94.7 Å². The summed E-state index contributed by atoms with van der Waals surface area (Å²) in [6, 6.07) is 8.14. The third-order valence-corrected chi connectivity index (χ3v) is 2.31. The van der Waals surface area contributed by atoms with Gasteiger partial charge in [0.25, 0.3) is 0 Å². The lowest BCUT2D eigenvalue weighted by molar-refractivity contribution is 0.233. The molecule has 0 N–H and O–H groups in total. The summed E-state index contributed by atoms with van der Waals surface area (Å²) >= 11 is 0. The molecule has 0 amide bonds. The minimum atomic E-state index is -0.170. The fourth-order valence-electron chi connectivity index (χ4n) is 1.51. The highest BCUT2D eigenvalue weighted by molar-refractivity contribution is 5.49. The molecule has 0 saturated heterocycles. The molecule has 0 fully saturated rings. The lowest BCUT2D eigenvalue weighted by Gasteiger charge is -2.02. The molecule has 0 saturated carbocycles. The normalized spacial score (nSPS) is 11.1. The first kappa shape index (κ1) is 10.6. The Hall–Kier alpha value is -1.87. The van der Waals surface area contributed by atoms with Gasteiger partial charge in [0.1, 0.15) is 6.61 Å². The highest BCUT2D eigenvalue weighted by Gasteiger charge is 1.94. The van der Waals surface area contributed by atoms with Crippen molar-refractivity contribution in [3.05, 3.63) is 60.2 Å². The van der Waals surface area contributed by atoms with Gasteiger partial charge >= 0.3 is 0 Å². The monoisotopic (exact) mass is 213 g/mol. The van der Waals surface area contributed by atoms with Gasteiger partial charge in [-0.15, -0.1) is 0 Å². The summed E-state index contributed by atoms with van der Waals surface area (Å²) in [5.41, 5.74) is 2.28. The van der Waals surface area contributed by atoms with Crippen LogP contribution in [-0.2, 0) is 11.7 Å². The van der Waals surface area contributed by atoms with Crippen LogP contribution in [0, 0.1) is 0 Å². The van der Waals surface area contributed by atoms with Crippen molar-refractivity contribution in [3.63, 3.8) is 0 Å². The van der Waals surface area contributed by atoms with E-state index in [0.29, 0.717) is 0 Å². The van der Waals surface area contributed by atoms with Crippen molar-refractivity contribution in [2.24, 2.45) is 0 Å². The topological polar surface area (TPSA) is 37.7 Å². The van der Waals surface area contributed by atoms with Crippen LogP contribution < -0.4 is 0 Å². The Morgan fingerprint density at radius 2 is 2.06 bits per heavy atom. The summed E-state index contributed by atoms with van der Waals surface area (Å²) in [4.78, 5) is 3.99. The summed E-state index contributed by atoms with van der Waals surface area (Å²) < 4.78 is 2.02. The summed E-state index contributed by atoms with van der Waals surface area (Å²) in [7, 11) is 0. The molecule has 0 bridgehead atoms. The first-order chi connectivity index (χ1) is 7.88. The third-order valence-electron chi connectivity index (χ3n) is 2.31. The molecule has 3 nitrogen and oxygen atoms in total. The summed E-state index contributed by atoms with van der Waals surface area (Å²) in [6.07, 6.45) is 8.96. The van der Waals surface area contributed by atoms with Crippen molar-refractivity contribution in [2.45, 2.75) is 6.54 Å². The maximum absolute atomic E-state index is 10.3. The molecule has 1 heterocycles. The van der Waals surface area contributed by atoms with Gasteiger partial charge in [-0.2, -0.15) is 0 Å². The smallest absolute Gasteiger partial charge is 0.101 e. The average molecular weight is 213 g/mol. The summed E-state index contributed by atoms with van der Waals surface area (Å²) in [6.45, 7) is 0.655. The van der Waals surface area contributed by atoms with Crippen LogP contribution in [0.2, 0.25) is 0 Å². The molecule has 2 rings (SSSR count). The van der Waals surface area contributed by atoms with Crippen molar-refractivity contribution in [1.29, 1.82) is 0 Å². The van der Waals surface area contributed by atoms with Crippen molar-refractivity contribution in [3.8, 4) is 0 Å². The average Bonchev–Trinajstić information content (AvgIpc) is 2.81. The molecule has 0 atom stereocenters. The van der Waals surface area contributed by atoms with Gasteiger partial charge in [0.05, 0.1) is 6.33 Å². The molecule has 0 unspecified atom stereocenters. The second kappa shape index (κ2) is 5.28. The number of benzene rings is 1. The van der Waals surface area contributed by atoms with Crippen LogP contribution in [0.4, 0.5) is 0 Å². The molecule has 0 spiro atoms. The summed E-state index contributed by atoms with van der Waals surface area (Å²) in [5, 5.41) is 10.3. The molecule has 81 valence electrons. The largest absolute Gasteiger partial charge is 0.333 e. The van der Waals surface area contributed by atoms with Crippen LogP contribution in [0.5, 0.6) is 0 Å². The van der Waals surface area contributed by atoms with Gasteiger partial charge < -0.3 is 4.57 Å². The molecule has 0 aliphatic carbocycles. The Bertz CT molecular complexity index is 443. The minimum absolute atomic E-state index is 0.170. The second-order valence-electron chi connectivity index (χ2n) is 3.55. The van der Waals surface area contributed by atoms with Crippen LogP contribution in [0.1, 0.15) is 11.1 Å². The van der Waals surface area contributed by atoms with Crippen LogP contribution in [0.25, 0.3) is 6.08 Å². The highest BCUT2D eigenvalue weighted by atomic mass is 16.2. The number of aromatic nitrogens is 2. The fourth-order valence-corrected chi connectivity index (χ4v) is 1.51. The van der Waals surface area contributed by atoms with Crippen LogP contribution in [0.3, 0.4) is 0 Å². The maximum atomic E-state index is 10.3. The third kappa shape index (κ3) is 2.81. The van der Waals surface area contributed by atoms with E-state index in [1.807, 2.05) is 29.0 Å². The molecule has 1 aromatic heterocycles. The van der Waals surface area contributed by atoms with Crippen LogP contribution >= 0.6 is 0 Å². The van der Waals surface area contributed by atoms with Gasteiger partial charge in [-0.3, -0.25) is 0 Å². The molecule has 16 heavy (non-hydrogen) atoms. The van der Waals surface area contributed by atoms with Crippen LogP contribution in [0.15, 0.2) is 49.1 Å². The highest BCUT2D eigenvalue weighted by Crippen LogP contribution is 2.07. The van der Waals surface area contributed by atoms with E-state index < -0.39 is 0 Å². The lowest BCUT2D eigenvalue weighted by atomic mass is 10.1. The first-order valence-corrected chi connectivity index (χ1v) is 5.18. The van der Waals surface area contributed by atoms with E-state index in [2.05, 4.69) is 17.1 Å². The van der Waals surface area contributed by atoms with Gasteiger partial charge in [0.15, 0.2) is 0 Å².